The monoisotopic (exact) mass is 288 g/mol. The van der Waals surface area contributed by atoms with E-state index >= 15 is 0 Å². The molecule has 0 bridgehead atoms. The van der Waals surface area contributed by atoms with Crippen LogP contribution in [0.4, 0.5) is 5.82 Å². The number of anilines is 1. The summed E-state index contributed by atoms with van der Waals surface area (Å²) in [7, 11) is 0. The molecule has 1 aromatic carbocycles. The van der Waals surface area contributed by atoms with Crippen LogP contribution in [0.5, 0.6) is 0 Å². The highest BCUT2D eigenvalue weighted by atomic mass is 16.5. The van der Waals surface area contributed by atoms with E-state index in [1.165, 1.54) is 0 Å². The van der Waals surface area contributed by atoms with Crippen LogP contribution in [0.15, 0.2) is 30.3 Å². The minimum Gasteiger partial charge on any atom is -0.477 e. The summed E-state index contributed by atoms with van der Waals surface area (Å²) in [6, 6.07) is 9.18. The van der Waals surface area contributed by atoms with Gasteiger partial charge in [0, 0.05) is 18.5 Å². The molecule has 0 amide bonds. The smallest absolute Gasteiger partial charge is 0.354 e. The van der Waals surface area contributed by atoms with Gasteiger partial charge in [0.05, 0.1) is 6.61 Å². The van der Waals surface area contributed by atoms with Gasteiger partial charge in [-0.2, -0.15) is 0 Å². The molecule has 0 aliphatic heterocycles. The van der Waals surface area contributed by atoms with Crippen molar-refractivity contribution >= 4 is 22.6 Å². The van der Waals surface area contributed by atoms with Crippen LogP contribution in [0.1, 0.15) is 30.3 Å². The third-order valence-electron chi connectivity index (χ3n) is 3.14. The largest absolute Gasteiger partial charge is 0.477 e. The van der Waals surface area contributed by atoms with Gasteiger partial charge >= 0.3 is 5.97 Å². The van der Waals surface area contributed by atoms with Gasteiger partial charge < -0.3 is 15.2 Å². The van der Waals surface area contributed by atoms with Gasteiger partial charge in [-0.15, -0.1) is 0 Å². The third kappa shape index (κ3) is 4.16. The number of ether oxygens (including phenoxy) is 1. The molecule has 21 heavy (non-hydrogen) atoms. The molecule has 2 N–H and O–H groups in total. The summed E-state index contributed by atoms with van der Waals surface area (Å²) in [5.74, 6) is -0.437. The van der Waals surface area contributed by atoms with Crippen molar-refractivity contribution in [3.05, 3.63) is 36.0 Å². The Labute approximate surface area is 124 Å². The molecule has 0 aliphatic rings. The fourth-order valence-corrected chi connectivity index (χ4v) is 2.03. The summed E-state index contributed by atoms with van der Waals surface area (Å²) < 4.78 is 5.48. The molecule has 0 saturated heterocycles. The number of nitrogens with zero attached hydrogens (tertiary/aromatic N) is 1. The minimum absolute atomic E-state index is 0.0445. The van der Waals surface area contributed by atoms with Crippen LogP contribution >= 0.6 is 0 Å². The maximum atomic E-state index is 11.1. The van der Waals surface area contributed by atoms with Crippen LogP contribution in [0.2, 0.25) is 0 Å². The molecular formula is C16H20N2O3. The highest BCUT2D eigenvalue weighted by Crippen LogP contribution is 2.22. The van der Waals surface area contributed by atoms with Crippen molar-refractivity contribution in [2.24, 2.45) is 0 Å². The molecule has 1 heterocycles. The van der Waals surface area contributed by atoms with Gasteiger partial charge in [-0.3, -0.25) is 0 Å². The number of nitrogens with one attached hydrogen (secondary N) is 1. The summed E-state index contributed by atoms with van der Waals surface area (Å²) in [6.07, 6.45) is 2.16. The van der Waals surface area contributed by atoms with Gasteiger partial charge in [0.25, 0.3) is 0 Å². The molecule has 0 radical (unpaired) electrons. The number of fused-ring (bicyclic) bond motifs is 1. The zero-order valence-electron chi connectivity index (χ0n) is 12.1. The topological polar surface area (TPSA) is 71.5 Å². The Balaban J connectivity index is 2.08. The van der Waals surface area contributed by atoms with Gasteiger partial charge in [-0.05, 0) is 17.9 Å². The number of hydrogen-bond donors (Lipinski definition) is 2. The molecule has 0 aliphatic carbocycles. The van der Waals surface area contributed by atoms with Crippen LogP contribution in [0.3, 0.4) is 0 Å². The van der Waals surface area contributed by atoms with Crippen molar-refractivity contribution in [1.82, 2.24) is 4.98 Å². The summed E-state index contributed by atoms with van der Waals surface area (Å²) in [6.45, 7) is 4.05. The normalized spacial score (nSPS) is 10.7. The van der Waals surface area contributed by atoms with Gasteiger partial charge in [0.2, 0.25) is 0 Å². The lowest BCUT2D eigenvalue weighted by atomic mass is 10.1. The Bertz CT molecular complexity index is 613. The molecule has 5 nitrogen and oxygen atoms in total. The first kappa shape index (κ1) is 15.3. The molecule has 112 valence electrons. The second-order valence-corrected chi connectivity index (χ2v) is 4.78. The number of aromatic nitrogens is 1. The van der Waals surface area contributed by atoms with Crippen molar-refractivity contribution in [1.29, 1.82) is 0 Å². The van der Waals surface area contributed by atoms with Crippen LogP contribution < -0.4 is 5.32 Å². The molecule has 1 aromatic heterocycles. The van der Waals surface area contributed by atoms with Crippen molar-refractivity contribution < 1.29 is 14.6 Å². The number of rotatable bonds is 8. The number of carbonyl (C=O) groups is 1. The minimum atomic E-state index is -1.03. The molecule has 0 fully saturated rings. The molecular weight excluding hydrogens is 268 g/mol. The lowest BCUT2D eigenvalue weighted by Crippen LogP contribution is -2.12. The maximum Gasteiger partial charge on any atom is 0.354 e. The molecule has 0 atom stereocenters. The molecule has 5 heteroatoms. The van der Waals surface area contributed by atoms with Crippen LogP contribution in [-0.4, -0.2) is 35.8 Å². The van der Waals surface area contributed by atoms with E-state index in [1.807, 2.05) is 24.3 Å². The van der Waals surface area contributed by atoms with E-state index in [4.69, 9.17) is 9.84 Å². The Hall–Kier alpha value is -2.14. The first-order valence-electron chi connectivity index (χ1n) is 7.17. The number of carboxylic acids is 1. The van der Waals surface area contributed by atoms with E-state index in [9.17, 15) is 4.79 Å². The second kappa shape index (κ2) is 7.59. The first-order chi connectivity index (χ1) is 10.2. The summed E-state index contributed by atoms with van der Waals surface area (Å²) in [4.78, 5) is 15.3. The highest BCUT2D eigenvalue weighted by molar-refractivity contribution is 5.97. The van der Waals surface area contributed by atoms with Crippen molar-refractivity contribution in [2.75, 3.05) is 25.1 Å². The maximum absolute atomic E-state index is 11.1. The molecule has 2 rings (SSSR count). The molecule has 0 unspecified atom stereocenters. The van der Waals surface area contributed by atoms with Gasteiger partial charge in [-0.25, -0.2) is 9.78 Å². The zero-order chi connectivity index (χ0) is 15.1. The van der Waals surface area contributed by atoms with Crippen molar-refractivity contribution in [2.45, 2.75) is 19.8 Å². The fourth-order valence-electron chi connectivity index (χ4n) is 2.03. The van der Waals surface area contributed by atoms with Gasteiger partial charge in [-0.1, -0.05) is 37.6 Å². The SMILES string of the molecule is CCCCOCCNc1nc(C(=O)O)cc2ccccc12. The predicted octanol–water partition coefficient (Wildman–Crippen LogP) is 3.16. The number of hydrogen-bond acceptors (Lipinski definition) is 4. The average Bonchev–Trinajstić information content (AvgIpc) is 2.50. The van der Waals surface area contributed by atoms with E-state index < -0.39 is 5.97 Å². The second-order valence-electron chi connectivity index (χ2n) is 4.78. The standard InChI is InChI=1S/C16H20N2O3/c1-2-3-9-21-10-8-17-15-13-7-5-4-6-12(13)11-14(18-15)16(19)20/h4-7,11H,2-3,8-10H2,1H3,(H,17,18)(H,19,20). The predicted molar refractivity (Wildman–Crippen MR) is 82.9 cm³/mol. The Kier molecular flexibility index (Phi) is 5.51. The van der Waals surface area contributed by atoms with Crippen LogP contribution in [-0.2, 0) is 4.74 Å². The number of benzene rings is 1. The molecule has 0 spiro atoms. The van der Waals surface area contributed by atoms with Gasteiger partial charge in [0.1, 0.15) is 5.82 Å². The molecule has 2 aromatic rings. The lowest BCUT2D eigenvalue weighted by molar-refractivity contribution is 0.0691. The van der Waals surface area contributed by atoms with E-state index in [0.717, 1.165) is 30.2 Å². The first-order valence-corrected chi connectivity index (χ1v) is 7.17. The zero-order valence-corrected chi connectivity index (χ0v) is 12.1. The number of carboxylic acid groups (broad SMARTS) is 1. The van der Waals surface area contributed by atoms with Crippen molar-refractivity contribution in [3.63, 3.8) is 0 Å². The van der Waals surface area contributed by atoms with E-state index in [1.54, 1.807) is 6.07 Å². The summed E-state index contributed by atoms with van der Waals surface area (Å²) in [5.41, 5.74) is 0.0445. The number of aromatic carboxylic acids is 1. The number of unbranched alkanes of at least 4 members (excludes halogenated alkanes) is 1. The average molecular weight is 288 g/mol. The quantitative estimate of drug-likeness (QED) is 0.730. The van der Waals surface area contributed by atoms with Crippen LogP contribution in [0, 0.1) is 0 Å². The Morgan fingerprint density at radius 3 is 2.90 bits per heavy atom. The fraction of sp³-hybridized carbons (Fsp3) is 0.375. The van der Waals surface area contributed by atoms with E-state index in [-0.39, 0.29) is 5.69 Å². The highest BCUT2D eigenvalue weighted by Gasteiger charge is 2.10. The summed E-state index contributed by atoms with van der Waals surface area (Å²) in [5, 5.41) is 14.1. The van der Waals surface area contributed by atoms with Crippen LogP contribution in [0.25, 0.3) is 10.8 Å². The van der Waals surface area contributed by atoms with Gasteiger partial charge in [0.15, 0.2) is 5.69 Å². The third-order valence-corrected chi connectivity index (χ3v) is 3.14. The Morgan fingerprint density at radius 1 is 1.33 bits per heavy atom. The summed E-state index contributed by atoms with van der Waals surface area (Å²) >= 11 is 0. The molecule has 0 saturated carbocycles. The van der Waals surface area contributed by atoms with E-state index in [2.05, 4.69) is 17.2 Å². The Morgan fingerprint density at radius 2 is 2.14 bits per heavy atom. The number of pyridine rings is 1. The lowest BCUT2D eigenvalue weighted by Gasteiger charge is -2.10. The van der Waals surface area contributed by atoms with Crippen molar-refractivity contribution in [3.8, 4) is 0 Å². The van der Waals surface area contributed by atoms with E-state index in [0.29, 0.717) is 19.0 Å².